The molecule has 9 nitrogen and oxygen atoms in total. The summed E-state index contributed by atoms with van der Waals surface area (Å²) in [4.78, 5) is 27.7. The molecule has 1 amide bonds. The maximum Gasteiger partial charge on any atom is 0.326 e. The van der Waals surface area contributed by atoms with E-state index in [0.29, 0.717) is 30.2 Å². The minimum absolute atomic E-state index is 0.129. The Morgan fingerprint density at radius 2 is 1.81 bits per heavy atom. The summed E-state index contributed by atoms with van der Waals surface area (Å²) in [5.74, 6) is -1.51. The molecule has 2 fully saturated rings. The van der Waals surface area contributed by atoms with Crippen LogP contribution in [0, 0.1) is 12.8 Å². The van der Waals surface area contributed by atoms with Gasteiger partial charge in [-0.1, -0.05) is 49.6 Å². The second-order valence-electron chi connectivity index (χ2n) is 12.2. The van der Waals surface area contributed by atoms with Gasteiger partial charge in [-0.3, -0.25) is 9.69 Å². The molecule has 43 heavy (non-hydrogen) atoms. The van der Waals surface area contributed by atoms with E-state index in [-0.39, 0.29) is 24.3 Å². The van der Waals surface area contributed by atoms with Crippen molar-refractivity contribution in [3.63, 3.8) is 0 Å². The van der Waals surface area contributed by atoms with Crippen LogP contribution in [0.4, 0.5) is 0 Å². The van der Waals surface area contributed by atoms with Crippen molar-refractivity contribution < 1.29 is 32.6 Å². The van der Waals surface area contributed by atoms with Crippen LogP contribution in [0.25, 0.3) is 11.1 Å². The van der Waals surface area contributed by atoms with Crippen molar-refractivity contribution in [2.24, 2.45) is 5.92 Å². The van der Waals surface area contributed by atoms with Gasteiger partial charge in [-0.05, 0) is 72.9 Å². The van der Waals surface area contributed by atoms with Gasteiger partial charge in [-0.15, -0.1) is 0 Å². The highest BCUT2D eigenvalue weighted by atomic mass is 32.2. The lowest BCUT2D eigenvalue weighted by atomic mass is 9.90. The molecule has 0 bridgehead atoms. The normalized spacial score (nSPS) is 20.6. The van der Waals surface area contributed by atoms with Crippen molar-refractivity contribution in [1.82, 2.24) is 10.2 Å². The van der Waals surface area contributed by atoms with Gasteiger partial charge in [0.2, 0.25) is 0 Å². The first-order valence-electron chi connectivity index (χ1n) is 15.3. The maximum absolute atomic E-state index is 13.5. The molecular weight excluding hydrogens is 568 g/mol. The minimum atomic E-state index is -3.39. The number of ether oxygens (including phenoxy) is 2. The first kappa shape index (κ1) is 33.1. The maximum atomic E-state index is 13.5. The van der Waals surface area contributed by atoms with Crippen molar-refractivity contribution in [1.29, 1.82) is 0 Å². The fourth-order valence-electron chi connectivity index (χ4n) is 6.25. The number of carboxylic acids is 1. The number of benzene rings is 2. The molecule has 1 saturated heterocycles. The number of carbonyl (C=O) groups excluding carboxylic acids is 1. The smallest absolute Gasteiger partial charge is 0.326 e. The monoisotopic (exact) mass is 614 g/mol. The fraction of sp³-hybridized carbons (Fsp3) is 0.576. The van der Waals surface area contributed by atoms with E-state index < -0.39 is 27.8 Å². The molecule has 0 aromatic heterocycles. The Morgan fingerprint density at radius 1 is 1.07 bits per heavy atom. The van der Waals surface area contributed by atoms with Gasteiger partial charge < -0.3 is 19.9 Å². The Labute approximate surface area is 255 Å². The topological polar surface area (TPSA) is 122 Å². The molecule has 1 saturated carbocycles. The number of nitrogens with one attached hydrogen (secondary N) is 1. The molecule has 2 aliphatic rings. The Morgan fingerprint density at radius 3 is 2.49 bits per heavy atom. The number of hydrogen-bond acceptors (Lipinski definition) is 7. The Hall–Kier alpha value is -2.79. The molecule has 10 heteroatoms. The number of hydrogen-bond donors (Lipinski definition) is 2. The number of carboxylic acid groups (broad SMARTS) is 1. The third-order valence-corrected chi connectivity index (χ3v) is 9.72. The van der Waals surface area contributed by atoms with E-state index in [9.17, 15) is 23.1 Å². The van der Waals surface area contributed by atoms with Gasteiger partial charge in [-0.25, -0.2) is 13.2 Å². The molecule has 0 radical (unpaired) electrons. The Balaban J connectivity index is 1.54. The van der Waals surface area contributed by atoms with Gasteiger partial charge in [-0.2, -0.15) is 0 Å². The Kier molecular flexibility index (Phi) is 11.8. The van der Waals surface area contributed by atoms with Crippen molar-refractivity contribution in [3.8, 4) is 11.1 Å². The predicted octanol–water partition coefficient (Wildman–Crippen LogP) is 4.47. The minimum Gasteiger partial charge on any atom is -0.480 e. The molecule has 1 heterocycles. The van der Waals surface area contributed by atoms with Crippen LogP contribution in [-0.4, -0.2) is 87.4 Å². The van der Waals surface area contributed by atoms with Gasteiger partial charge in [0.25, 0.3) is 5.91 Å². The zero-order valence-corrected chi connectivity index (χ0v) is 26.4. The molecule has 236 valence electrons. The summed E-state index contributed by atoms with van der Waals surface area (Å²) in [6.07, 6.45) is 8.29. The summed E-state index contributed by atoms with van der Waals surface area (Å²) in [6, 6.07) is 12.3. The summed E-state index contributed by atoms with van der Waals surface area (Å²) < 4.78 is 35.2. The van der Waals surface area contributed by atoms with Crippen molar-refractivity contribution >= 4 is 21.7 Å². The number of sulfone groups is 1. The van der Waals surface area contributed by atoms with Crippen LogP contribution < -0.4 is 5.32 Å². The SMILES string of the molecule is CO[C@H]1C[C@@H](COCC2CCCCC2)N(Cc2ccc(C(=O)NC(CCS(C)(=O)=O)C(=O)O)c(-c3ccccc3C)c2)C1. The number of likely N-dealkylation sites (tertiary alicyclic amines) is 1. The highest BCUT2D eigenvalue weighted by Crippen LogP contribution is 2.31. The summed E-state index contributed by atoms with van der Waals surface area (Å²) in [6.45, 7) is 4.89. The standard InChI is InChI=1S/C33H46N2O7S/c1-23-9-7-8-12-28(23)30-17-25(13-14-29(30)32(36)34-31(33(37)38)15-16-43(3,39)40)19-35-20-27(41-2)18-26(35)22-42-21-24-10-5-4-6-11-24/h7-9,12-14,17,24,26-27,31H,4-6,10-11,15-16,18-22H2,1-3H3,(H,34,36)(H,37,38)/t26-,27-,31?/m0/s1. The lowest BCUT2D eigenvalue weighted by Gasteiger charge is -2.26. The molecule has 3 atom stereocenters. The quantitative estimate of drug-likeness (QED) is 0.320. The van der Waals surface area contributed by atoms with E-state index in [4.69, 9.17) is 9.47 Å². The van der Waals surface area contributed by atoms with E-state index >= 15 is 0 Å². The molecule has 4 rings (SSSR count). The molecular formula is C33H46N2O7S. The molecule has 0 spiro atoms. The lowest BCUT2D eigenvalue weighted by Crippen LogP contribution is -2.42. The summed E-state index contributed by atoms with van der Waals surface area (Å²) in [7, 11) is -1.64. The van der Waals surface area contributed by atoms with E-state index in [0.717, 1.165) is 42.5 Å². The largest absolute Gasteiger partial charge is 0.480 e. The highest BCUT2D eigenvalue weighted by Gasteiger charge is 2.33. The zero-order valence-electron chi connectivity index (χ0n) is 25.6. The van der Waals surface area contributed by atoms with Crippen molar-refractivity contribution in [2.45, 2.75) is 76.6 Å². The molecule has 1 aliphatic heterocycles. The van der Waals surface area contributed by atoms with Crippen LogP contribution in [0.15, 0.2) is 42.5 Å². The average molecular weight is 615 g/mol. The van der Waals surface area contributed by atoms with Gasteiger partial charge in [0.05, 0.1) is 18.5 Å². The van der Waals surface area contributed by atoms with Crippen LogP contribution in [0.5, 0.6) is 0 Å². The van der Waals surface area contributed by atoms with E-state index in [1.807, 2.05) is 43.3 Å². The summed E-state index contributed by atoms with van der Waals surface area (Å²) in [5.41, 5.74) is 3.92. The lowest BCUT2D eigenvalue weighted by molar-refractivity contribution is -0.139. The highest BCUT2D eigenvalue weighted by molar-refractivity contribution is 7.90. The fourth-order valence-corrected chi connectivity index (χ4v) is 6.91. The third kappa shape index (κ3) is 9.60. The average Bonchev–Trinajstić information content (AvgIpc) is 3.36. The van der Waals surface area contributed by atoms with Crippen LogP contribution in [-0.2, 0) is 30.7 Å². The Bertz CT molecular complexity index is 1360. The summed E-state index contributed by atoms with van der Waals surface area (Å²) >= 11 is 0. The predicted molar refractivity (Wildman–Crippen MR) is 167 cm³/mol. The van der Waals surface area contributed by atoms with Gasteiger partial charge in [0.1, 0.15) is 15.9 Å². The van der Waals surface area contributed by atoms with Crippen LogP contribution >= 0.6 is 0 Å². The van der Waals surface area contributed by atoms with Gasteiger partial charge in [0.15, 0.2) is 0 Å². The van der Waals surface area contributed by atoms with Crippen molar-refractivity contribution in [2.75, 3.05) is 38.9 Å². The number of aryl methyl sites for hydroxylation is 1. The van der Waals surface area contributed by atoms with E-state index in [1.165, 1.54) is 32.1 Å². The zero-order chi connectivity index (χ0) is 31.0. The van der Waals surface area contributed by atoms with Crippen LogP contribution in [0.3, 0.4) is 0 Å². The molecule has 1 aliphatic carbocycles. The third-order valence-electron chi connectivity index (χ3n) is 8.74. The number of nitrogens with zero attached hydrogens (tertiary/aromatic N) is 1. The number of aliphatic carboxylic acids is 1. The van der Waals surface area contributed by atoms with Crippen molar-refractivity contribution in [3.05, 3.63) is 59.2 Å². The van der Waals surface area contributed by atoms with Gasteiger partial charge in [0, 0.05) is 44.7 Å². The van der Waals surface area contributed by atoms with Crippen LogP contribution in [0.1, 0.15) is 66.4 Å². The number of carbonyl (C=O) groups is 2. The first-order valence-corrected chi connectivity index (χ1v) is 17.3. The van der Waals surface area contributed by atoms with E-state index in [1.54, 1.807) is 13.2 Å². The molecule has 2 aromatic carbocycles. The van der Waals surface area contributed by atoms with E-state index in [2.05, 4.69) is 10.2 Å². The molecule has 1 unspecified atom stereocenters. The number of methoxy groups -OCH3 is 1. The first-order chi connectivity index (χ1) is 20.5. The molecule has 2 aromatic rings. The summed E-state index contributed by atoms with van der Waals surface area (Å²) in [5, 5.41) is 12.2. The molecule has 2 N–H and O–H groups in total. The van der Waals surface area contributed by atoms with Crippen LogP contribution in [0.2, 0.25) is 0 Å². The second-order valence-corrected chi connectivity index (χ2v) is 14.5. The van der Waals surface area contributed by atoms with Gasteiger partial charge >= 0.3 is 5.97 Å². The number of amides is 1. The second kappa shape index (κ2) is 15.3. The number of rotatable bonds is 14.